The Bertz CT molecular complexity index is 684. The molecule has 3 atom stereocenters. The molecule has 2 rings (SSSR count). The highest BCUT2D eigenvalue weighted by Gasteiger charge is 2.34. The third kappa shape index (κ3) is 4.28. The number of hydrogen-bond donors (Lipinski definition) is 0. The Labute approximate surface area is 151 Å². The topological polar surface area (TPSA) is 89.8 Å². The summed E-state index contributed by atoms with van der Waals surface area (Å²) in [5, 5.41) is 11.2. The number of nitro benzene ring substituents is 1. The summed E-state index contributed by atoms with van der Waals surface area (Å²) >= 11 is 5.82. The molecule has 8 heteroatoms. The first-order valence-corrected chi connectivity index (χ1v) is 8.57. The lowest BCUT2D eigenvalue weighted by Gasteiger charge is -2.40. The van der Waals surface area contributed by atoms with Gasteiger partial charge in [-0.15, -0.1) is 0 Å². The van der Waals surface area contributed by atoms with Crippen molar-refractivity contribution in [3.05, 3.63) is 38.9 Å². The molecule has 0 aliphatic carbocycles. The van der Waals surface area contributed by atoms with Crippen LogP contribution < -0.4 is 0 Å². The molecule has 136 valence electrons. The number of amides is 1. The molecule has 1 heterocycles. The summed E-state index contributed by atoms with van der Waals surface area (Å²) in [7, 11) is 0. The van der Waals surface area contributed by atoms with Crippen LogP contribution in [-0.4, -0.2) is 39.9 Å². The van der Waals surface area contributed by atoms with Gasteiger partial charge in [-0.25, -0.2) is 4.79 Å². The summed E-state index contributed by atoms with van der Waals surface area (Å²) in [4.78, 5) is 37.1. The quantitative estimate of drug-likeness (QED) is 0.460. The van der Waals surface area contributed by atoms with Crippen molar-refractivity contribution in [3.8, 4) is 0 Å². The normalized spacial score (nSPS) is 21.5. The van der Waals surface area contributed by atoms with Crippen LogP contribution in [0.25, 0.3) is 0 Å². The number of nitrogens with zero attached hydrogens (tertiary/aromatic N) is 2. The van der Waals surface area contributed by atoms with E-state index in [2.05, 4.69) is 0 Å². The minimum absolute atomic E-state index is 0.0675. The number of likely N-dealkylation sites (tertiary alicyclic amines) is 1. The molecule has 0 radical (unpaired) electrons. The van der Waals surface area contributed by atoms with Gasteiger partial charge < -0.3 is 9.64 Å². The number of hydrogen-bond acceptors (Lipinski definition) is 5. The maximum absolute atomic E-state index is 12.7. The number of benzene rings is 1. The number of ether oxygens (including phenoxy) is 1. The van der Waals surface area contributed by atoms with E-state index >= 15 is 0 Å². The Hall–Kier alpha value is -2.15. The Kier molecular flexibility index (Phi) is 6.00. The van der Waals surface area contributed by atoms with Crippen LogP contribution in [0.4, 0.5) is 5.69 Å². The van der Waals surface area contributed by atoms with Gasteiger partial charge in [0.15, 0.2) is 6.10 Å². The highest BCUT2D eigenvalue weighted by atomic mass is 35.5. The minimum Gasteiger partial charge on any atom is -0.449 e. The molecule has 0 bridgehead atoms. The van der Waals surface area contributed by atoms with Crippen molar-refractivity contribution in [1.82, 2.24) is 4.90 Å². The Morgan fingerprint density at radius 1 is 1.32 bits per heavy atom. The lowest BCUT2D eigenvalue weighted by atomic mass is 9.97. The van der Waals surface area contributed by atoms with Gasteiger partial charge in [0, 0.05) is 23.2 Å². The standard InChI is InChI=1S/C17H21ClN2O5/c1-10-5-4-6-11(2)19(10)16(21)12(3)25-17(22)14-9-13(18)7-8-15(14)20(23)24/h7-12H,4-6H2,1-3H3/t10-,11-,12-/m1/s1. The number of rotatable bonds is 4. The number of nitro groups is 1. The maximum Gasteiger partial charge on any atom is 0.345 e. The third-order valence-corrected chi connectivity index (χ3v) is 4.69. The minimum atomic E-state index is -1.03. The second-order valence-electron chi connectivity index (χ2n) is 6.34. The fourth-order valence-electron chi connectivity index (χ4n) is 3.17. The van der Waals surface area contributed by atoms with E-state index in [4.69, 9.17) is 16.3 Å². The molecule has 1 aromatic carbocycles. The van der Waals surface area contributed by atoms with Crippen molar-refractivity contribution in [2.24, 2.45) is 0 Å². The summed E-state index contributed by atoms with van der Waals surface area (Å²) in [6.45, 7) is 5.40. The lowest BCUT2D eigenvalue weighted by Crippen LogP contribution is -2.51. The zero-order chi connectivity index (χ0) is 18.7. The van der Waals surface area contributed by atoms with Gasteiger partial charge in [0.1, 0.15) is 5.56 Å². The molecular weight excluding hydrogens is 348 g/mol. The Morgan fingerprint density at radius 2 is 1.92 bits per heavy atom. The SMILES string of the molecule is C[C@@H]1CCC[C@@H](C)N1C(=O)[C@@H](C)OC(=O)c1cc(Cl)ccc1[N+](=O)[O-]. The van der Waals surface area contributed by atoms with Crippen LogP contribution in [0.5, 0.6) is 0 Å². The van der Waals surface area contributed by atoms with Crippen molar-refractivity contribution in [2.75, 3.05) is 0 Å². The van der Waals surface area contributed by atoms with Crippen molar-refractivity contribution in [1.29, 1.82) is 0 Å². The van der Waals surface area contributed by atoms with E-state index in [1.54, 1.807) is 4.90 Å². The van der Waals surface area contributed by atoms with Gasteiger partial charge in [-0.2, -0.15) is 0 Å². The van der Waals surface area contributed by atoms with Crippen molar-refractivity contribution < 1.29 is 19.2 Å². The fourth-order valence-corrected chi connectivity index (χ4v) is 3.34. The van der Waals surface area contributed by atoms with Gasteiger partial charge in [-0.3, -0.25) is 14.9 Å². The lowest BCUT2D eigenvalue weighted by molar-refractivity contribution is -0.385. The highest BCUT2D eigenvalue weighted by Crippen LogP contribution is 2.26. The summed E-state index contributed by atoms with van der Waals surface area (Å²) in [5.41, 5.74) is -0.675. The predicted octanol–water partition coefficient (Wildman–Crippen LogP) is 3.58. The van der Waals surface area contributed by atoms with Crippen LogP contribution in [0, 0.1) is 10.1 Å². The predicted molar refractivity (Wildman–Crippen MR) is 92.6 cm³/mol. The van der Waals surface area contributed by atoms with Gasteiger partial charge >= 0.3 is 5.97 Å². The number of halogens is 1. The zero-order valence-corrected chi connectivity index (χ0v) is 15.2. The van der Waals surface area contributed by atoms with Crippen LogP contribution >= 0.6 is 11.6 Å². The molecule has 1 fully saturated rings. The molecule has 1 saturated heterocycles. The van der Waals surface area contributed by atoms with E-state index in [1.807, 2.05) is 13.8 Å². The zero-order valence-electron chi connectivity index (χ0n) is 14.4. The molecule has 0 unspecified atom stereocenters. The average Bonchev–Trinajstić information content (AvgIpc) is 2.53. The van der Waals surface area contributed by atoms with Crippen LogP contribution in [0.15, 0.2) is 18.2 Å². The van der Waals surface area contributed by atoms with Crippen LogP contribution in [-0.2, 0) is 9.53 Å². The maximum atomic E-state index is 12.7. The van der Waals surface area contributed by atoms with Crippen LogP contribution in [0.2, 0.25) is 5.02 Å². The molecule has 0 spiro atoms. The van der Waals surface area contributed by atoms with Crippen LogP contribution in [0.1, 0.15) is 50.4 Å². The van der Waals surface area contributed by atoms with Gasteiger partial charge in [-0.05, 0) is 52.2 Å². The van der Waals surface area contributed by atoms with E-state index < -0.39 is 22.7 Å². The molecule has 1 aliphatic heterocycles. The first-order chi connectivity index (χ1) is 11.7. The van der Waals surface area contributed by atoms with E-state index in [9.17, 15) is 19.7 Å². The van der Waals surface area contributed by atoms with E-state index in [0.717, 1.165) is 25.3 Å². The monoisotopic (exact) mass is 368 g/mol. The van der Waals surface area contributed by atoms with Crippen molar-refractivity contribution >= 4 is 29.2 Å². The second kappa shape index (κ2) is 7.82. The molecule has 1 amide bonds. The first kappa shape index (κ1) is 19.2. The summed E-state index contributed by atoms with van der Waals surface area (Å²) < 4.78 is 5.20. The van der Waals surface area contributed by atoms with E-state index in [0.29, 0.717) is 0 Å². The number of piperidine rings is 1. The highest BCUT2D eigenvalue weighted by molar-refractivity contribution is 6.31. The van der Waals surface area contributed by atoms with E-state index in [1.165, 1.54) is 19.1 Å². The van der Waals surface area contributed by atoms with Crippen molar-refractivity contribution in [2.45, 2.75) is 58.2 Å². The van der Waals surface area contributed by atoms with Gasteiger partial charge in [0.05, 0.1) is 4.92 Å². The molecule has 7 nitrogen and oxygen atoms in total. The fraction of sp³-hybridized carbons (Fsp3) is 0.529. The van der Waals surface area contributed by atoms with Gasteiger partial charge in [-0.1, -0.05) is 11.6 Å². The summed E-state index contributed by atoms with van der Waals surface area (Å²) in [6, 6.07) is 3.77. The first-order valence-electron chi connectivity index (χ1n) is 8.19. The van der Waals surface area contributed by atoms with Gasteiger partial charge in [0.2, 0.25) is 0 Å². The second-order valence-corrected chi connectivity index (χ2v) is 6.78. The van der Waals surface area contributed by atoms with Gasteiger partial charge in [0.25, 0.3) is 11.6 Å². The van der Waals surface area contributed by atoms with E-state index in [-0.39, 0.29) is 28.6 Å². The molecule has 0 N–H and O–H groups in total. The molecule has 0 saturated carbocycles. The average molecular weight is 369 g/mol. The molecule has 25 heavy (non-hydrogen) atoms. The Balaban J connectivity index is 2.16. The number of carbonyl (C=O) groups excluding carboxylic acids is 2. The summed E-state index contributed by atoms with van der Waals surface area (Å²) in [6.07, 6.45) is 1.82. The largest absolute Gasteiger partial charge is 0.449 e. The van der Waals surface area contributed by atoms with Crippen LogP contribution in [0.3, 0.4) is 0 Å². The third-order valence-electron chi connectivity index (χ3n) is 4.45. The summed E-state index contributed by atoms with van der Waals surface area (Å²) in [5.74, 6) is -1.23. The molecule has 1 aromatic rings. The number of carbonyl (C=O) groups is 2. The molecule has 0 aromatic heterocycles. The number of esters is 1. The Morgan fingerprint density at radius 3 is 2.48 bits per heavy atom. The van der Waals surface area contributed by atoms with Crippen molar-refractivity contribution in [3.63, 3.8) is 0 Å². The smallest absolute Gasteiger partial charge is 0.345 e. The molecule has 1 aliphatic rings. The molecular formula is C17H21ClN2O5.